The first-order valence-electron chi connectivity index (χ1n) is 9.04. The quantitative estimate of drug-likeness (QED) is 0.358. The molecule has 0 atom stereocenters. The van der Waals surface area contributed by atoms with Gasteiger partial charge in [0.2, 0.25) is 5.91 Å². The van der Waals surface area contributed by atoms with Crippen LogP contribution in [0, 0.1) is 10.1 Å². The molecular weight excluding hydrogens is 362 g/mol. The number of rotatable bonds is 5. The molecule has 1 aliphatic rings. The minimum Gasteiger partial charge on any atom is -0.356 e. The van der Waals surface area contributed by atoms with E-state index in [9.17, 15) is 14.9 Å². The molecule has 1 N–H and O–H groups in total. The lowest BCUT2D eigenvalue weighted by atomic mass is 10.2. The van der Waals surface area contributed by atoms with Crippen LogP contribution >= 0.6 is 0 Å². The van der Waals surface area contributed by atoms with Crippen molar-refractivity contribution in [2.75, 3.05) is 31.1 Å². The predicted octanol–water partition coefficient (Wildman–Crippen LogP) is 1.14. The smallest absolute Gasteiger partial charge is 0.274 e. The van der Waals surface area contributed by atoms with Crippen molar-refractivity contribution >= 4 is 23.2 Å². The summed E-state index contributed by atoms with van der Waals surface area (Å²) >= 11 is 0. The Morgan fingerprint density at radius 3 is 2.79 bits per heavy atom. The Kier molecular flexibility index (Phi) is 5.87. The fourth-order valence-corrected chi connectivity index (χ4v) is 3.08. The van der Waals surface area contributed by atoms with Gasteiger partial charge in [0, 0.05) is 38.9 Å². The van der Waals surface area contributed by atoms with Crippen molar-refractivity contribution in [3.63, 3.8) is 0 Å². The molecule has 10 heteroatoms. The molecule has 1 saturated heterocycles. The molecule has 0 bridgehead atoms. The molecule has 148 valence electrons. The highest BCUT2D eigenvalue weighted by Gasteiger charge is 2.27. The molecule has 0 radical (unpaired) electrons. The number of carbonyl (C=O) groups is 1. The van der Waals surface area contributed by atoms with Gasteiger partial charge in [0.1, 0.15) is 6.54 Å². The van der Waals surface area contributed by atoms with E-state index < -0.39 is 4.92 Å². The Morgan fingerprint density at radius 1 is 1.36 bits per heavy atom. The number of nitrogens with one attached hydrogen (secondary N) is 1. The summed E-state index contributed by atoms with van der Waals surface area (Å²) in [4.78, 5) is 31.5. The molecular formula is C18H23N7O3. The van der Waals surface area contributed by atoms with E-state index in [1.165, 1.54) is 6.07 Å². The van der Waals surface area contributed by atoms with Crippen molar-refractivity contribution in [1.29, 1.82) is 0 Å². The zero-order valence-corrected chi connectivity index (χ0v) is 15.9. The lowest BCUT2D eigenvalue weighted by Gasteiger charge is -2.35. The molecule has 0 aliphatic carbocycles. The standard InChI is InChI=1S/C18H23N7O3/c1-3-19-18(20-10-14-6-4-5-7-16(14)25(27)28)23-8-9-24(17(26)13-23)15-11-21-22(2)12-15/h4-7,11-12H,3,8-10,13H2,1-2H3,(H,19,20). The number of aryl methyl sites for hydroxylation is 1. The number of nitrogens with zero attached hydrogens (tertiary/aromatic N) is 6. The van der Waals surface area contributed by atoms with Crippen LogP contribution in [0.4, 0.5) is 11.4 Å². The molecule has 2 aromatic rings. The van der Waals surface area contributed by atoms with Crippen LogP contribution in [0.5, 0.6) is 0 Å². The Hall–Kier alpha value is -3.43. The number of aromatic nitrogens is 2. The second kappa shape index (κ2) is 8.51. The van der Waals surface area contributed by atoms with E-state index >= 15 is 0 Å². The summed E-state index contributed by atoms with van der Waals surface area (Å²) < 4.78 is 1.66. The number of carbonyl (C=O) groups excluding carboxylic acids is 1. The number of benzene rings is 1. The first-order valence-corrected chi connectivity index (χ1v) is 9.04. The molecule has 0 unspecified atom stereocenters. The van der Waals surface area contributed by atoms with Gasteiger partial charge >= 0.3 is 0 Å². The predicted molar refractivity (Wildman–Crippen MR) is 105 cm³/mol. The van der Waals surface area contributed by atoms with Crippen LogP contribution < -0.4 is 10.2 Å². The summed E-state index contributed by atoms with van der Waals surface area (Å²) in [7, 11) is 1.81. The van der Waals surface area contributed by atoms with Gasteiger partial charge < -0.3 is 15.1 Å². The van der Waals surface area contributed by atoms with Crippen molar-refractivity contribution in [3.05, 3.63) is 52.3 Å². The van der Waals surface area contributed by atoms with Crippen LogP contribution in [0.3, 0.4) is 0 Å². The first kappa shape index (κ1) is 19.3. The summed E-state index contributed by atoms with van der Waals surface area (Å²) in [6.07, 6.45) is 3.47. The molecule has 3 rings (SSSR count). The molecule has 1 amide bonds. The van der Waals surface area contributed by atoms with Crippen LogP contribution in [0.15, 0.2) is 41.7 Å². The summed E-state index contributed by atoms with van der Waals surface area (Å²) in [5, 5.41) is 18.5. The van der Waals surface area contributed by atoms with E-state index in [1.54, 1.807) is 40.2 Å². The van der Waals surface area contributed by atoms with Gasteiger partial charge in [-0.25, -0.2) is 4.99 Å². The largest absolute Gasteiger partial charge is 0.356 e. The zero-order valence-electron chi connectivity index (χ0n) is 15.9. The monoisotopic (exact) mass is 385 g/mol. The van der Waals surface area contributed by atoms with Gasteiger partial charge in [-0.15, -0.1) is 0 Å². The molecule has 1 aromatic heterocycles. The molecule has 1 fully saturated rings. The van der Waals surface area contributed by atoms with Gasteiger partial charge in [-0.05, 0) is 6.92 Å². The number of hydrogen-bond acceptors (Lipinski definition) is 5. The summed E-state index contributed by atoms with van der Waals surface area (Å²) in [5.41, 5.74) is 1.34. The normalized spacial score (nSPS) is 15.1. The maximum Gasteiger partial charge on any atom is 0.274 e. The van der Waals surface area contributed by atoms with Gasteiger partial charge in [-0.3, -0.25) is 19.6 Å². The fourth-order valence-electron chi connectivity index (χ4n) is 3.08. The number of piperazine rings is 1. The number of nitro benzene ring substituents is 1. The fraction of sp³-hybridized carbons (Fsp3) is 0.389. The van der Waals surface area contributed by atoms with Crippen molar-refractivity contribution in [2.24, 2.45) is 12.0 Å². The van der Waals surface area contributed by atoms with E-state index in [1.807, 2.05) is 18.9 Å². The van der Waals surface area contributed by atoms with Crippen LogP contribution in [0.1, 0.15) is 12.5 Å². The van der Waals surface area contributed by atoms with E-state index in [2.05, 4.69) is 15.4 Å². The van der Waals surface area contributed by atoms with Crippen LogP contribution in [0.2, 0.25) is 0 Å². The second-order valence-electron chi connectivity index (χ2n) is 6.40. The molecule has 0 spiro atoms. The van der Waals surface area contributed by atoms with Gasteiger partial charge in [0.25, 0.3) is 5.69 Å². The van der Waals surface area contributed by atoms with Gasteiger partial charge in [-0.1, -0.05) is 18.2 Å². The number of amides is 1. The first-order chi connectivity index (χ1) is 13.5. The molecule has 0 saturated carbocycles. The Balaban J connectivity index is 1.73. The average molecular weight is 385 g/mol. The van der Waals surface area contributed by atoms with E-state index in [4.69, 9.17) is 0 Å². The third kappa shape index (κ3) is 4.27. The van der Waals surface area contributed by atoms with Gasteiger partial charge in [0.15, 0.2) is 5.96 Å². The number of aliphatic imine (C=N–C) groups is 1. The number of para-hydroxylation sites is 1. The van der Waals surface area contributed by atoms with Crippen LogP contribution in [-0.4, -0.2) is 57.6 Å². The second-order valence-corrected chi connectivity index (χ2v) is 6.40. The maximum atomic E-state index is 12.6. The zero-order chi connectivity index (χ0) is 20.1. The van der Waals surface area contributed by atoms with Crippen LogP contribution in [0.25, 0.3) is 0 Å². The van der Waals surface area contributed by atoms with Crippen molar-refractivity contribution < 1.29 is 9.72 Å². The van der Waals surface area contributed by atoms with Crippen molar-refractivity contribution in [3.8, 4) is 0 Å². The number of anilines is 1. The molecule has 28 heavy (non-hydrogen) atoms. The van der Waals surface area contributed by atoms with Crippen molar-refractivity contribution in [2.45, 2.75) is 13.5 Å². The molecule has 1 aromatic carbocycles. The Labute approximate surface area is 162 Å². The van der Waals surface area contributed by atoms with Gasteiger partial charge in [-0.2, -0.15) is 5.10 Å². The minimum atomic E-state index is -0.409. The lowest BCUT2D eigenvalue weighted by Crippen LogP contribution is -2.55. The van der Waals surface area contributed by atoms with Crippen molar-refractivity contribution in [1.82, 2.24) is 20.0 Å². The Morgan fingerprint density at radius 2 is 2.14 bits per heavy atom. The number of guanidine groups is 1. The summed E-state index contributed by atoms with van der Waals surface area (Å²) in [5.74, 6) is 0.524. The third-order valence-corrected chi connectivity index (χ3v) is 4.45. The average Bonchev–Trinajstić information content (AvgIpc) is 3.11. The van der Waals surface area contributed by atoms with E-state index in [0.29, 0.717) is 31.2 Å². The highest BCUT2D eigenvalue weighted by Crippen LogP contribution is 2.19. The molecule has 10 nitrogen and oxygen atoms in total. The topological polar surface area (TPSA) is 109 Å². The van der Waals surface area contributed by atoms with E-state index in [0.717, 1.165) is 5.69 Å². The maximum absolute atomic E-state index is 12.6. The van der Waals surface area contributed by atoms with E-state index in [-0.39, 0.29) is 24.7 Å². The SMILES string of the molecule is CCNC(=NCc1ccccc1[N+](=O)[O-])N1CCN(c2cnn(C)c2)C(=O)C1. The highest BCUT2D eigenvalue weighted by atomic mass is 16.6. The number of nitro groups is 1. The lowest BCUT2D eigenvalue weighted by molar-refractivity contribution is -0.385. The molecule has 2 heterocycles. The van der Waals surface area contributed by atoms with Crippen LogP contribution in [-0.2, 0) is 18.4 Å². The third-order valence-electron chi connectivity index (χ3n) is 4.45. The molecule has 1 aliphatic heterocycles. The van der Waals surface area contributed by atoms with Gasteiger partial charge in [0.05, 0.1) is 28.9 Å². The number of hydrogen-bond donors (Lipinski definition) is 1. The summed E-state index contributed by atoms with van der Waals surface area (Å²) in [6, 6.07) is 6.54. The Bertz CT molecular complexity index is 893. The highest BCUT2D eigenvalue weighted by molar-refractivity contribution is 5.98. The minimum absolute atomic E-state index is 0.0413. The summed E-state index contributed by atoms with van der Waals surface area (Å²) in [6.45, 7) is 4.03.